The number of hydrogen-bond donors (Lipinski definition) is 1. The monoisotopic (exact) mass is 327 g/mol. The molecular formula is C15H26BrN3. The lowest BCUT2D eigenvalue weighted by Gasteiger charge is -2.23. The van der Waals surface area contributed by atoms with Gasteiger partial charge >= 0.3 is 0 Å². The Morgan fingerprint density at radius 3 is 2.53 bits per heavy atom. The van der Waals surface area contributed by atoms with Gasteiger partial charge in [-0.1, -0.05) is 22.9 Å². The average Bonchev–Trinajstić information content (AvgIpc) is 2.35. The van der Waals surface area contributed by atoms with Crippen LogP contribution in [0.15, 0.2) is 22.7 Å². The second-order valence-electron chi connectivity index (χ2n) is 5.13. The molecule has 108 valence electrons. The van der Waals surface area contributed by atoms with Gasteiger partial charge in [0.25, 0.3) is 0 Å². The van der Waals surface area contributed by atoms with Crippen LogP contribution in [0.25, 0.3) is 0 Å². The van der Waals surface area contributed by atoms with E-state index in [2.05, 4.69) is 77.3 Å². The van der Waals surface area contributed by atoms with Gasteiger partial charge in [0.05, 0.1) is 0 Å². The first-order valence-electron chi connectivity index (χ1n) is 6.89. The smallest absolute Gasteiger partial charge is 0.0410 e. The summed E-state index contributed by atoms with van der Waals surface area (Å²) in [6.07, 6.45) is 1.18. The molecule has 0 amide bonds. The molecule has 0 unspecified atom stereocenters. The summed E-state index contributed by atoms with van der Waals surface area (Å²) in [5.41, 5.74) is 2.67. The Morgan fingerprint density at radius 1 is 1.16 bits per heavy atom. The van der Waals surface area contributed by atoms with Crippen LogP contribution in [0.2, 0.25) is 0 Å². The molecule has 0 fully saturated rings. The highest BCUT2D eigenvalue weighted by Gasteiger charge is 2.08. The maximum atomic E-state index is 3.56. The number of benzene rings is 1. The van der Waals surface area contributed by atoms with Gasteiger partial charge in [0.2, 0.25) is 0 Å². The van der Waals surface area contributed by atoms with Crippen molar-refractivity contribution in [3.8, 4) is 0 Å². The molecule has 0 saturated heterocycles. The summed E-state index contributed by atoms with van der Waals surface area (Å²) in [5, 5.41) is 3.41. The van der Waals surface area contributed by atoms with Crippen LogP contribution in [0.4, 0.5) is 5.69 Å². The van der Waals surface area contributed by atoms with E-state index in [1.54, 1.807) is 0 Å². The highest BCUT2D eigenvalue weighted by atomic mass is 79.9. The summed E-state index contributed by atoms with van der Waals surface area (Å²) in [7, 11) is 6.42. The Balaban J connectivity index is 2.68. The zero-order chi connectivity index (χ0) is 14.3. The van der Waals surface area contributed by atoms with Gasteiger partial charge in [0, 0.05) is 30.3 Å². The zero-order valence-corrected chi connectivity index (χ0v) is 14.1. The standard InChI is InChI=1S/C15H26BrN3/c1-5-17-12-13-11-14(16)7-8-15(13)19(4)10-6-9-18(2)3/h7-8,11,17H,5-6,9-10,12H2,1-4H3. The third-order valence-corrected chi connectivity index (χ3v) is 3.61. The average molecular weight is 328 g/mol. The molecule has 1 N–H and O–H groups in total. The molecular weight excluding hydrogens is 302 g/mol. The van der Waals surface area contributed by atoms with Gasteiger partial charge in [-0.05, 0) is 57.4 Å². The molecule has 0 heterocycles. The molecule has 1 rings (SSSR count). The van der Waals surface area contributed by atoms with Crippen molar-refractivity contribution >= 4 is 21.6 Å². The highest BCUT2D eigenvalue weighted by Crippen LogP contribution is 2.24. The molecule has 1 aromatic rings. The van der Waals surface area contributed by atoms with Crippen LogP contribution < -0.4 is 10.2 Å². The van der Waals surface area contributed by atoms with E-state index >= 15 is 0 Å². The lowest BCUT2D eigenvalue weighted by Crippen LogP contribution is -2.25. The molecule has 0 bridgehead atoms. The van der Waals surface area contributed by atoms with Crippen molar-refractivity contribution in [3.05, 3.63) is 28.2 Å². The van der Waals surface area contributed by atoms with E-state index in [1.807, 2.05) is 0 Å². The molecule has 19 heavy (non-hydrogen) atoms. The summed E-state index contributed by atoms with van der Waals surface area (Å²) in [5.74, 6) is 0. The van der Waals surface area contributed by atoms with Crippen LogP contribution in [0.3, 0.4) is 0 Å². The molecule has 0 saturated carbocycles. The number of nitrogens with one attached hydrogen (secondary N) is 1. The predicted molar refractivity (Wildman–Crippen MR) is 88.0 cm³/mol. The molecule has 4 heteroatoms. The number of nitrogens with zero attached hydrogens (tertiary/aromatic N) is 2. The second kappa shape index (κ2) is 8.56. The quantitative estimate of drug-likeness (QED) is 0.792. The largest absolute Gasteiger partial charge is 0.374 e. The number of rotatable bonds is 8. The number of hydrogen-bond acceptors (Lipinski definition) is 3. The van der Waals surface area contributed by atoms with E-state index in [9.17, 15) is 0 Å². The van der Waals surface area contributed by atoms with E-state index in [-0.39, 0.29) is 0 Å². The molecule has 0 radical (unpaired) electrons. The first-order chi connectivity index (χ1) is 9.04. The topological polar surface area (TPSA) is 18.5 Å². The minimum absolute atomic E-state index is 0.920. The molecule has 0 aliphatic carbocycles. The Morgan fingerprint density at radius 2 is 1.89 bits per heavy atom. The van der Waals surface area contributed by atoms with Crippen LogP contribution in [0, 0.1) is 0 Å². The van der Waals surface area contributed by atoms with Gasteiger partial charge in [0.15, 0.2) is 0 Å². The minimum atomic E-state index is 0.920. The van der Waals surface area contributed by atoms with E-state index < -0.39 is 0 Å². The minimum Gasteiger partial charge on any atom is -0.374 e. The summed E-state index contributed by atoms with van der Waals surface area (Å²) in [4.78, 5) is 4.58. The molecule has 0 aliphatic rings. The summed E-state index contributed by atoms with van der Waals surface area (Å²) in [6, 6.07) is 6.53. The van der Waals surface area contributed by atoms with Crippen molar-refractivity contribution in [1.29, 1.82) is 0 Å². The summed E-state index contributed by atoms with van der Waals surface area (Å²) in [6.45, 7) is 6.26. The third-order valence-electron chi connectivity index (χ3n) is 3.12. The fourth-order valence-corrected chi connectivity index (χ4v) is 2.48. The lowest BCUT2D eigenvalue weighted by atomic mass is 10.1. The molecule has 0 aromatic heterocycles. The first kappa shape index (κ1) is 16.5. The molecule has 0 atom stereocenters. The Kier molecular flexibility index (Phi) is 7.42. The molecule has 1 aromatic carbocycles. The van der Waals surface area contributed by atoms with Crippen molar-refractivity contribution in [2.75, 3.05) is 45.7 Å². The van der Waals surface area contributed by atoms with Crippen LogP contribution in [-0.4, -0.2) is 45.7 Å². The predicted octanol–water partition coefficient (Wildman–Crippen LogP) is 2.95. The third kappa shape index (κ3) is 5.93. The van der Waals surface area contributed by atoms with Gasteiger partial charge in [-0.15, -0.1) is 0 Å². The SMILES string of the molecule is CCNCc1cc(Br)ccc1N(C)CCCN(C)C. The van der Waals surface area contributed by atoms with E-state index in [0.29, 0.717) is 0 Å². The van der Waals surface area contributed by atoms with Crippen LogP contribution in [0.5, 0.6) is 0 Å². The molecule has 0 spiro atoms. The maximum absolute atomic E-state index is 3.56. The van der Waals surface area contributed by atoms with Crippen LogP contribution >= 0.6 is 15.9 Å². The molecule has 0 aliphatic heterocycles. The van der Waals surface area contributed by atoms with Crippen molar-refractivity contribution in [3.63, 3.8) is 0 Å². The summed E-state index contributed by atoms with van der Waals surface area (Å²) >= 11 is 3.56. The Bertz CT molecular complexity index is 380. The highest BCUT2D eigenvalue weighted by molar-refractivity contribution is 9.10. The van der Waals surface area contributed by atoms with Gasteiger partial charge in [0.1, 0.15) is 0 Å². The maximum Gasteiger partial charge on any atom is 0.0410 e. The number of halogens is 1. The van der Waals surface area contributed by atoms with Crippen molar-refractivity contribution in [1.82, 2.24) is 10.2 Å². The van der Waals surface area contributed by atoms with E-state index in [4.69, 9.17) is 0 Å². The number of anilines is 1. The van der Waals surface area contributed by atoms with Gasteiger partial charge in [-0.2, -0.15) is 0 Å². The van der Waals surface area contributed by atoms with Crippen molar-refractivity contribution in [2.24, 2.45) is 0 Å². The first-order valence-corrected chi connectivity index (χ1v) is 7.69. The second-order valence-corrected chi connectivity index (χ2v) is 6.05. The Labute approximate surface area is 126 Å². The van der Waals surface area contributed by atoms with E-state index in [0.717, 1.165) is 30.7 Å². The zero-order valence-electron chi connectivity index (χ0n) is 12.5. The summed E-state index contributed by atoms with van der Waals surface area (Å²) < 4.78 is 1.14. The van der Waals surface area contributed by atoms with Crippen LogP contribution in [0.1, 0.15) is 18.9 Å². The Hall–Kier alpha value is -0.580. The lowest BCUT2D eigenvalue weighted by molar-refractivity contribution is 0.401. The van der Waals surface area contributed by atoms with Gasteiger partial charge in [-0.25, -0.2) is 0 Å². The fourth-order valence-electron chi connectivity index (χ4n) is 2.07. The fraction of sp³-hybridized carbons (Fsp3) is 0.600. The van der Waals surface area contributed by atoms with Gasteiger partial charge in [-0.3, -0.25) is 0 Å². The van der Waals surface area contributed by atoms with Crippen molar-refractivity contribution < 1.29 is 0 Å². The van der Waals surface area contributed by atoms with E-state index in [1.165, 1.54) is 17.7 Å². The van der Waals surface area contributed by atoms with Crippen LogP contribution in [-0.2, 0) is 6.54 Å². The normalized spacial score (nSPS) is 11.1. The van der Waals surface area contributed by atoms with Gasteiger partial charge < -0.3 is 15.1 Å². The molecule has 3 nitrogen and oxygen atoms in total. The van der Waals surface area contributed by atoms with Crippen molar-refractivity contribution in [2.45, 2.75) is 19.9 Å².